The van der Waals surface area contributed by atoms with Gasteiger partial charge in [0.15, 0.2) is 5.69 Å². The molecule has 0 amide bonds. The summed E-state index contributed by atoms with van der Waals surface area (Å²) in [6.45, 7) is 0. The van der Waals surface area contributed by atoms with E-state index in [0.29, 0.717) is 10.9 Å². The van der Waals surface area contributed by atoms with Gasteiger partial charge in [-0.2, -0.15) is 0 Å². The molecule has 0 aromatic carbocycles. The molecule has 1 heterocycles. The summed E-state index contributed by atoms with van der Waals surface area (Å²) in [7, 11) is 1.35. The van der Waals surface area contributed by atoms with Crippen molar-refractivity contribution in [3.05, 3.63) is 10.7 Å². The Balaban J connectivity index is 2.02. The smallest absolute Gasteiger partial charge is 0.359 e. The normalized spacial score (nSPS) is 17.4. The zero-order chi connectivity index (χ0) is 13.0. The van der Waals surface area contributed by atoms with Crippen molar-refractivity contribution in [3.63, 3.8) is 0 Å². The molecule has 100 valence electrons. The van der Waals surface area contributed by atoms with Crippen molar-refractivity contribution in [3.8, 4) is 0 Å². The molecule has 0 spiro atoms. The Morgan fingerprint density at radius 1 is 1.39 bits per heavy atom. The fraction of sp³-hybridized carbons (Fsp3) is 0.692. The fourth-order valence-electron chi connectivity index (χ4n) is 2.52. The molecule has 18 heavy (non-hydrogen) atoms. The molecule has 2 rings (SSSR count). The number of aromatic nitrogens is 1. The number of nitrogen functional groups attached to an aromatic ring is 1. The van der Waals surface area contributed by atoms with E-state index in [1.807, 2.05) is 0 Å². The standard InChI is InChI=1S/C13H20N2O2S/c1-17-13(16)11-12(14)18-10(15-11)8-9-6-4-2-3-5-7-9/h9H,2-8,14H2,1H3. The fourth-order valence-corrected chi connectivity index (χ4v) is 3.46. The Labute approximate surface area is 112 Å². The topological polar surface area (TPSA) is 65.2 Å². The van der Waals surface area contributed by atoms with E-state index < -0.39 is 5.97 Å². The number of nitrogens with two attached hydrogens (primary N) is 1. The van der Waals surface area contributed by atoms with Crippen LogP contribution in [0.2, 0.25) is 0 Å². The van der Waals surface area contributed by atoms with Crippen LogP contribution in [0.3, 0.4) is 0 Å². The second-order valence-electron chi connectivity index (χ2n) is 4.87. The van der Waals surface area contributed by atoms with Crippen LogP contribution in [-0.4, -0.2) is 18.1 Å². The molecule has 1 aromatic rings. The zero-order valence-electron chi connectivity index (χ0n) is 10.8. The monoisotopic (exact) mass is 268 g/mol. The first-order valence-electron chi connectivity index (χ1n) is 6.54. The highest BCUT2D eigenvalue weighted by molar-refractivity contribution is 7.15. The van der Waals surface area contributed by atoms with Crippen LogP contribution in [-0.2, 0) is 11.2 Å². The van der Waals surface area contributed by atoms with Crippen molar-refractivity contribution in [1.82, 2.24) is 4.98 Å². The molecule has 1 aliphatic rings. The number of ether oxygens (including phenoxy) is 1. The van der Waals surface area contributed by atoms with E-state index >= 15 is 0 Å². The molecule has 0 radical (unpaired) electrons. The average molecular weight is 268 g/mol. The van der Waals surface area contributed by atoms with Crippen molar-refractivity contribution in [2.24, 2.45) is 5.92 Å². The highest BCUT2D eigenvalue weighted by atomic mass is 32.1. The van der Waals surface area contributed by atoms with Crippen LogP contribution in [0.25, 0.3) is 0 Å². The van der Waals surface area contributed by atoms with Gasteiger partial charge >= 0.3 is 5.97 Å². The number of thiazole rings is 1. The molecular weight excluding hydrogens is 248 g/mol. The van der Waals surface area contributed by atoms with E-state index in [-0.39, 0.29) is 5.69 Å². The lowest BCUT2D eigenvalue weighted by Crippen LogP contribution is -2.06. The summed E-state index contributed by atoms with van der Waals surface area (Å²) in [5, 5.41) is 1.45. The van der Waals surface area contributed by atoms with Crippen LogP contribution in [0.15, 0.2) is 0 Å². The molecule has 2 N–H and O–H groups in total. The molecule has 1 aromatic heterocycles. The van der Waals surface area contributed by atoms with Crippen molar-refractivity contribution in [2.75, 3.05) is 12.8 Å². The SMILES string of the molecule is COC(=O)c1nc(CC2CCCCCC2)sc1N. The number of hydrogen-bond acceptors (Lipinski definition) is 5. The van der Waals surface area contributed by atoms with Crippen LogP contribution in [0.4, 0.5) is 5.00 Å². The largest absolute Gasteiger partial charge is 0.464 e. The maximum Gasteiger partial charge on any atom is 0.359 e. The number of anilines is 1. The lowest BCUT2D eigenvalue weighted by atomic mass is 9.97. The molecule has 0 unspecified atom stereocenters. The van der Waals surface area contributed by atoms with Gasteiger partial charge < -0.3 is 10.5 Å². The first kappa shape index (κ1) is 13.3. The van der Waals surface area contributed by atoms with Crippen LogP contribution in [0, 0.1) is 5.92 Å². The Bertz CT molecular complexity index is 409. The van der Waals surface area contributed by atoms with Crippen LogP contribution in [0.5, 0.6) is 0 Å². The van der Waals surface area contributed by atoms with Crippen LogP contribution < -0.4 is 5.73 Å². The van der Waals surface area contributed by atoms with E-state index in [1.54, 1.807) is 0 Å². The van der Waals surface area contributed by atoms with Crippen molar-refractivity contribution in [1.29, 1.82) is 0 Å². The zero-order valence-corrected chi connectivity index (χ0v) is 11.6. The van der Waals surface area contributed by atoms with E-state index in [4.69, 9.17) is 5.73 Å². The minimum absolute atomic E-state index is 0.283. The highest BCUT2D eigenvalue weighted by Crippen LogP contribution is 2.29. The third kappa shape index (κ3) is 3.22. The van der Waals surface area contributed by atoms with Gasteiger partial charge in [0, 0.05) is 6.42 Å². The molecule has 1 fully saturated rings. The first-order chi connectivity index (χ1) is 8.70. The van der Waals surface area contributed by atoms with E-state index in [1.165, 1.54) is 57.0 Å². The number of nitrogens with zero attached hydrogens (tertiary/aromatic N) is 1. The summed E-state index contributed by atoms with van der Waals surface area (Å²) in [6, 6.07) is 0. The summed E-state index contributed by atoms with van der Waals surface area (Å²) in [6.07, 6.45) is 8.82. The Hall–Kier alpha value is -1.10. The molecule has 0 atom stereocenters. The Kier molecular flexibility index (Phi) is 4.58. The number of methoxy groups -OCH3 is 1. The average Bonchev–Trinajstić information content (AvgIpc) is 2.57. The minimum Gasteiger partial charge on any atom is -0.464 e. The summed E-state index contributed by atoms with van der Waals surface area (Å²) >= 11 is 1.42. The lowest BCUT2D eigenvalue weighted by molar-refractivity contribution is 0.0596. The quantitative estimate of drug-likeness (QED) is 0.676. The molecule has 1 saturated carbocycles. The predicted molar refractivity (Wildman–Crippen MR) is 72.8 cm³/mol. The van der Waals surface area contributed by atoms with Gasteiger partial charge in [-0.15, -0.1) is 11.3 Å². The molecule has 5 heteroatoms. The maximum atomic E-state index is 11.4. The lowest BCUT2D eigenvalue weighted by Gasteiger charge is -2.11. The van der Waals surface area contributed by atoms with E-state index in [9.17, 15) is 4.79 Å². The van der Waals surface area contributed by atoms with Gasteiger partial charge in [-0.3, -0.25) is 0 Å². The van der Waals surface area contributed by atoms with Crippen molar-refractivity contribution in [2.45, 2.75) is 44.9 Å². The third-order valence-corrected chi connectivity index (χ3v) is 4.42. The second-order valence-corrected chi connectivity index (χ2v) is 5.99. The maximum absolute atomic E-state index is 11.4. The van der Waals surface area contributed by atoms with E-state index in [2.05, 4.69) is 9.72 Å². The number of esters is 1. The molecule has 0 bridgehead atoms. The predicted octanol–water partition coefficient (Wildman–Crippen LogP) is 3.02. The van der Waals surface area contributed by atoms with Gasteiger partial charge in [-0.25, -0.2) is 9.78 Å². The number of rotatable bonds is 3. The van der Waals surface area contributed by atoms with Crippen LogP contribution in [0.1, 0.15) is 54.0 Å². The first-order valence-corrected chi connectivity index (χ1v) is 7.36. The highest BCUT2D eigenvalue weighted by Gasteiger charge is 2.19. The summed E-state index contributed by atoms with van der Waals surface area (Å²) in [4.78, 5) is 15.8. The van der Waals surface area contributed by atoms with Gasteiger partial charge in [-0.1, -0.05) is 38.5 Å². The van der Waals surface area contributed by atoms with Gasteiger partial charge in [0.25, 0.3) is 0 Å². The van der Waals surface area contributed by atoms with E-state index in [0.717, 1.165) is 11.4 Å². The molecule has 0 aliphatic heterocycles. The number of carbonyl (C=O) groups excluding carboxylic acids is 1. The van der Waals surface area contributed by atoms with Crippen molar-refractivity contribution < 1.29 is 9.53 Å². The Morgan fingerprint density at radius 2 is 2.06 bits per heavy atom. The summed E-state index contributed by atoms with van der Waals surface area (Å²) in [5.74, 6) is 0.263. The van der Waals surface area contributed by atoms with Crippen LogP contribution >= 0.6 is 11.3 Å². The van der Waals surface area contributed by atoms with Gasteiger partial charge in [0.1, 0.15) is 5.00 Å². The minimum atomic E-state index is -0.434. The summed E-state index contributed by atoms with van der Waals surface area (Å²) < 4.78 is 4.67. The van der Waals surface area contributed by atoms with Gasteiger partial charge in [0.2, 0.25) is 0 Å². The molecule has 4 nitrogen and oxygen atoms in total. The molecule has 1 aliphatic carbocycles. The Morgan fingerprint density at radius 3 is 2.67 bits per heavy atom. The van der Waals surface area contributed by atoms with Gasteiger partial charge in [-0.05, 0) is 5.92 Å². The van der Waals surface area contributed by atoms with Gasteiger partial charge in [0.05, 0.1) is 12.1 Å². The second kappa shape index (κ2) is 6.18. The molecular formula is C13H20N2O2S. The number of hydrogen-bond donors (Lipinski definition) is 1. The molecule has 0 saturated heterocycles. The third-order valence-electron chi connectivity index (χ3n) is 3.51. The van der Waals surface area contributed by atoms with Crippen molar-refractivity contribution >= 4 is 22.3 Å². The number of carbonyl (C=O) groups is 1. The summed E-state index contributed by atoms with van der Waals surface area (Å²) in [5.41, 5.74) is 6.09.